The second-order valence-corrected chi connectivity index (χ2v) is 11.0. The van der Waals surface area contributed by atoms with Crippen LogP contribution >= 0.6 is 15.9 Å². The van der Waals surface area contributed by atoms with Crippen molar-refractivity contribution in [2.24, 2.45) is 0 Å². The minimum absolute atomic E-state index is 0.199. The topological polar surface area (TPSA) is 70.4 Å². The van der Waals surface area contributed by atoms with Gasteiger partial charge in [-0.15, -0.1) is 0 Å². The summed E-state index contributed by atoms with van der Waals surface area (Å²) in [5, 5.41) is 0.661. The summed E-state index contributed by atoms with van der Waals surface area (Å²) in [6.07, 6.45) is 3.14. The first kappa shape index (κ1) is 20.6. The molecule has 9 heteroatoms. The maximum atomic E-state index is 13.4. The molecule has 1 aliphatic rings. The molecule has 0 bridgehead atoms. The van der Waals surface area contributed by atoms with Crippen LogP contribution < -0.4 is 5.46 Å². The van der Waals surface area contributed by atoms with E-state index in [2.05, 4.69) is 20.9 Å². The van der Waals surface area contributed by atoms with Crippen LogP contribution in [-0.2, 0) is 19.3 Å². The lowest BCUT2D eigenvalue weighted by Gasteiger charge is -2.32. The number of aromatic nitrogens is 2. The Bertz CT molecular complexity index is 1190. The quantitative estimate of drug-likeness (QED) is 0.539. The number of fused-ring (bicyclic) bond motifs is 1. The average molecular weight is 477 g/mol. The van der Waals surface area contributed by atoms with Crippen molar-refractivity contribution in [3.05, 3.63) is 52.8 Å². The summed E-state index contributed by atoms with van der Waals surface area (Å²) in [5.74, 6) is 0. The highest BCUT2D eigenvalue weighted by Crippen LogP contribution is 2.37. The third-order valence-electron chi connectivity index (χ3n) is 5.69. The first-order valence-corrected chi connectivity index (χ1v) is 11.5. The molecule has 29 heavy (non-hydrogen) atoms. The lowest BCUT2D eigenvalue weighted by Crippen LogP contribution is -2.41. The minimum atomic E-state index is -3.83. The molecule has 0 aliphatic carbocycles. The third-order valence-corrected chi connectivity index (χ3v) is 7.79. The third kappa shape index (κ3) is 3.34. The SMILES string of the molecule is Cc1ccc(S(=O)(=O)n2cc(B3OC(C)(C)C(C)(C)O3)c3cc(Br)cnc32)cc1. The normalized spacial score (nSPS) is 18.5. The number of hydrogen-bond acceptors (Lipinski definition) is 5. The van der Waals surface area contributed by atoms with E-state index in [4.69, 9.17) is 9.31 Å². The molecular formula is C20H22BBrN2O4S. The van der Waals surface area contributed by atoms with Crippen LogP contribution in [0.4, 0.5) is 0 Å². The number of hydrogen-bond donors (Lipinski definition) is 0. The van der Waals surface area contributed by atoms with Gasteiger partial charge in [0, 0.05) is 27.7 Å². The van der Waals surface area contributed by atoms with Crippen LogP contribution in [0.5, 0.6) is 0 Å². The van der Waals surface area contributed by atoms with E-state index in [1.807, 2.05) is 40.7 Å². The fourth-order valence-electron chi connectivity index (χ4n) is 3.24. The first-order chi connectivity index (χ1) is 13.4. The number of benzene rings is 1. The van der Waals surface area contributed by atoms with Crippen LogP contribution in [-0.4, -0.2) is 35.7 Å². The van der Waals surface area contributed by atoms with Crippen molar-refractivity contribution >= 4 is 49.6 Å². The maximum Gasteiger partial charge on any atom is 0.497 e. The molecule has 2 aromatic heterocycles. The Kier molecular flexibility index (Phi) is 4.73. The molecule has 3 heterocycles. The summed E-state index contributed by atoms with van der Waals surface area (Å²) in [6.45, 7) is 9.76. The predicted octanol–water partition coefficient (Wildman–Crippen LogP) is 3.64. The van der Waals surface area contributed by atoms with Gasteiger partial charge in [-0.25, -0.2) is 17.4 Å². The van der Waals surface area contributed by atoms with Gasteiger partial charge in [0.2, 0.25) is 0 Å². The number of nitrogens with zero attached hydrogens (tertiary/aromatic N) is 2. The fourth-order valence-corrected chi connectivity index (χ4v) is 4.91. The van der Waals surface area contributed by atoms with Gasteiger partial charge in [0.1, 0.15) is 0 Å². The van der Waals surface area contributed by atoms with E-state index >= 15 is 0 Å². The highest BCUT2D eigenvalue weighted by Gasteiger charge is 2.52. The van der Waals surface area contributed by atoms with Crippen LogP contribution in [0.3, 0.4) is 0 Å². The predicted molar refractivity (Wildman–Crippen MR) is 117 cm³/mol. The second kappa shape index (κ2) is 6.67. The van der Waals surface area contributed by atoms with Crippen LogP contribution in [0.25, 0.3) is 11.0 Å². The Morgan fingerprint density at radius 2 is 1.66 bits per heavy atom. The molecule has 0 amide bonds. The summed E-state index contributed by atoms with van der Waals surface area (Å²) in [5.41, 5.74) is 0.867. The van der Waals surface area contributed by atoms with E-state index in [1.54, 1.807) is 36.7 Å². The van der Waals surface area contributed by atoms with Gasteiger partial charge in [-0.2, -0.15) is 0 Å². The summed E-state index contributed by atoms with van der Waals surface area (Å²) in [7, 11) is -4.53. The smallest absolute Gasteiger partial charge is 0.399 e. The van der Waals surface area contributed by atoms with Crippen LogP contribution in [0.15, 0.2) is 52.1 Å². The van der Waals surface area contributed by atoms with Gasteiger partial charge in [0.15, 0.2) is 5.65 Å². The number of aryl methyl sites for hydroxylation is 1. The molecular weight excluding hydrogens is 455 g/mol. The van der Waals surface area contributed by atoms with Gasteiger partial charge < -0.3 is 9.31 Å². The zero-order valence-corrected chi connectivity index (χ0v) is 19.3. The number of rotatable bonds is 3. The molecule has 1 saturated heterocycles. The van der Waals surface area contributed by atoms with Crippen molar-refractivity contribution < 1.29 is 17.7 Å². The molecule has 0 N–H and O–H groups in total. The number of halogens is 1. The first-order valence-electron chi connectivity index (χ1n) is 9.27. The molecule has 0 saturated carbocycles. The molecule has 0 radical (unpaired) electrons. The van der Waals surface area contributed by atoms with E-state index in [0.717, 1.165) is 10.0 Å². The van der Waals surface area contributed by atoms with E-state index in [0.29, 0.717) is 16.5 Å². The molecule has 1 fully saturated rings. The molecule has 152 valence electrons. The Morgan fingerprint density at radius 3 is 2.24 bits per heavy atom. The van der Waals surface area contributed by atoms with E-state index in [9.17, 15) is 8.42 Å². The molecule has 0 unspecified atom stereocenters. The van der Waals surface area contributed by atoms with Crippen molar-refractivity contribution in [2.45, 2.75) is 50.7 Å². The standard InChI is InChI=1S/C20H22BBrN2O4S/c1-13-6-8-15(9-7-13)29(25,26)24-12-17(16-10-14(22)11-23-18(16)24)21-27-19(2,3)20(4,5)28-21/h6-12H,1-5H3. The Hall–Kier alpha value is -1.68. The van der Waals surface area contributed by atoms with Crippen LogP contribution in [0.1, 0.15) is 33.3 Å². The molecule has 0 atom stereocenters. The van der Waals surface area contributed by atoms with Gasteiger partial charge in [-0.1, -0.05) is 17.7 Å². The van der Waals surface area contributed by atoms with Gasteiger partial charge >= 0.3 is 7.12 Å². The summed E-state index contributed by atoms with van der Waals surface area (Å²) < 4.78 is 41.0. The zero-order chi connectivity index (χ0) is 21.2. The van der Waals surface area contributed by atoms with Crippen LogP contribution in [0.2, 0.25) is 0 Å². The van der Waals surface area contributed by atoms with E-state index in [-0.39, 0.29) is 4.90 Å². The lowest BCUT2D eigenvalue weighted by atomic mass is 9.79. The molecule has 3 aromatic rings. The largest absolute Gasteiger partial charge is 0.497 e. The average Bonchev–Trinajstić information content (AvgIpc) is 3.09. The lowest BCUT2D eigenvalue weighted by molar-refractivity contribution is 0.00578. The van der Waals surface area contributed by atoms with E-state index in [1.165, 1.54) is 3.97 Å². The van der Waals surface area contributed by atoms with Crippen LogP contribution in [0, 0.1) is 6.92 Å². The van der Waals surface area contributed by atoms with Gasteiger partial charge in [0.05, 0.1) is 16.1 Å². The van der Waals surface area contributed by atoms with Gasteiger partial charge in [-0.05, 0) is 68.7 Å². The maximum absolute atomic E-state index is 13.4. The molecule has 1 aliphatic heterocycles. The summed E-state index contributed by atoms with van der Waals surface area (Å²) in [4.78, 5) is 4.58. The fraction of sp³-hybridized carbons (Fsp3) is 0.350. The van der Waals surface area contributed by atoms with Crippen molar-refractivity contribution in [1.82, 2.24) is 8.96 Å². The highest BCUT2D eigenvalue weighted by atomic mass is 79.9. The monoisotopic (exact) mass is 476 g/mol. The van der Waals surface area contributed by atoms with Crippen molar-refractivity contribution in [1.29, 1.82) is 0 Å². The zero-order valence-electron chi connectivity index (χ0n) is 16.9. The van der Waals surface area contributed by atoms with Gasteiger partial charge in [-0.3, -0.25) is 0 Å². The van der Waals surface area contributed by atoms with Crippen molar-refractivity contribution in [3.8, 4) is 0 Å². The molecule has 6 nitrogen and oxygen atoms in total. The molecule has 0 spiro atoms. The number of pyridine rings is 1. The molecule has 1 aromatic carbocycles. The van der Waals surface area contributed by atoms with E-state index < -0.39 is 28.3 Å². The summed E-state index contributed by atoms with van der Waals surface area (Å²) >= 11 is 3.43. The Labute approximate surface area is 179 Å². The molecule has 4 rings (SSSR count). The summed E-state index contributed by atoms with van der Waals surface area (Å²) in [6, 6.07) is 8.59. The Balaban J connectivity index is 1.91. The Morgan fingerprint density at radius 1 is 1.07 bits per heavy atom. The minimum Gasteiger partial charge on any atom is -0.399 e. The van der Waals surface area contributed by atoms with Crippen molar-refractivity contribution in [3.63, 3.8) is 0 Å². The highest BCUT2D eigenvalue weighted by molar-refractivity contribution is 9.10. The second-order valence-electron chi connectivity index (χ2n) is 8.31. The van der Waals surface area contributed by atoms with Crippen molar-refractivity contribution in [2.75, 3.05) is 0 Å². The van der Waals surface area contributed by atoms with Gasteiger partial charge in [0.25, 0.3) is 10.0 Å².